The lowest BCUT2D eigenvalue weighted by Gasteiger charge is -2.18. The van der Waals surface area contributed by atoms with Gasteiger partial charge in [-0.05, 0) is 122 Å². The Kier molecular flexibility index (Phi) is 54.3. The van der Waals surface area contributed by atoms with Gasteiger partial charge >= 0.3 is 17.9 Å². The summed E-state index contributed by atoms with van der Waals surface area (Å²) in [7, 11) is 0. The summed E-state index contributed by atoms with van der Waals surface area (Å²) in [6.07, 6.45) is 74.2. The monoisotopic (exact) mass is 961 g/mol. The Morgan fingerprint density at radius 2 is 0.522 bits per heavy atom. The zero-order valence-corrected chi connectivity index (χ0v) is 45.3. The molecule has 0 aliphatic rings. The minimum atomic E-state index is -0.797. The second-order valence-electron chi connectivity index (χ2n) is 19.2. The highest BCUT2D eigenvalue weighted by Crippen LogP contribution is 2.14. The largest absolute Gasteiger partial charge is 0.462 e. The van der Waals surface area contributed by atoms with Crippen molar-refractivity contribution in [1.82, 2.24) is 0 Å². The van der Waals surface area contributed by atoms with Crippen LogP contribution in [0.15, 0.2) is 85.1 Å². The highest BCUT2D eigenvalue weighted by molar-refractivity contribution is 5.71. The molecule has 0 aromatic rings. The third-order valence-corrected chi connectivity index (χ3v) is 12.3. The second kappa shape index (κ2) is 57.2. The van der Waals surface area contributed by atoms with Crippen LogP contribution in [0.1, 0.15) is 278 Å². The zero-order chi connectivity index (χ0) is 50.0. The van der Waals surface area contributed by atoms with Crippen LogP contribution in [0.25, 0.3) is 0 Å². The molecule has 0 bridgehead atoms. The minimum Gasteiger partial charge on any atom is -0.462 e. The Morgan fingerprint density at radius 1 is 0.290 bits per heavy atom. The van der Waals surface area contributed by atoms with E-state index in [4.69, 9.17) is 14.2 Å². The molecule has 0 radical (unpaired) electrons. The van der Waals surface area contributed by atoms with Gasteiger partial charge in [-0.15, -0.1) is 0 Å². The van der Waals surface area contributed by atoms with Crippen molar-refractivity contribution in [2.45, 2.75) is 284 Å². The topological polar surface area (TPSA) is 78.9 Å². The molecular formula is C63H108O6. The van der Waals surface area contributed by atoms with Gasteiger partial charge in [0.15, 0.2) is 6.10 Å². The van der Waals surface area contributed by atoms with E-state index in [2.05, 4.69) is 106 Å². The van der Waals surface area contributed by atoms with Gasteiger partial charge in [-0.3, -0.25) is 14.4 Å². The number of ether oxygens (including phenoxy) is 3. The van der Waals surface area contributed by atoms with E-state index in [9.17, 15) is 14.4 Å². The summed E-state index contributed by atoms with van der Waals surface area (Å²) in [6, 6.07) is 0. The average Bonchev–Trinajstić information content (AvgIpc) is 3.35. The number of allylic oxidation sites excluding steroid dienone is 14. The summed E-state index contributed by atoms with van der Waals surface area (Å²) in [5, 5.41) is 0. The van der Waals surface area contributed by atoms with Crippen molar-refractivity contribution in [1.29, 1.82) is 0 Å². The number of unbranched alkanes of at least 4 members (excludes halogenated alkanes) is 27. The molecule has 0 N–H and O–H groups in total. The molecule has 0 spiro atoms. The molecule has 0 saturated heterocycles. The third-order valence-electron chi connectivity index (χ3n) is 12.3. The predicted molar refractivity (Wildman–Crippen MR) is 297 cm³/mol. The molecule has 0 fully saturated rings. The van der Waals surface area contributed by atoms with Crippen LogP contribution in [0.2, 0.25) is 0 Å². The van der Waals surface area contributed by atoms with E-state index in [0.29, 0.717) is 19.3 Å². The molecule has 0 unspecified atom stereocenters. The van der Waals surface area contributed by atoms with E-state index in [1.54, 1.807) is 0 Å². The molecule has 0 aliphatic heterocycles. The molecule has 6 nitrogen and oxygen atoms in total. The standard InChI is InChI=1S/C63H108O6/c1-4-7-10-13-16-19-22-25-28-30-31-33-35-38-41-44-47-50-53-56-62(65)68-59-60(58-67-61(64)55-52-49-46-43-40-37-34-27-24-21-18-15-12-9-6-3)69-63(66)57-54-51-48-45-42-39-36-32-29-26-23-20-17-14-11-8-5-2/h16-17,19-21,24-26,28-29,31,33,38,41,60H,4-15,18,22-23,27,30,32,34-37,39-40,42-59H2,1-3H3/b19-16-,20-17-,24-21-,28-25-,29-26-,33-31-,41-38-/t60-/m0/s1. The Bertz CT molecular complexity index is 1330. The Balaban J connectivity index is 4.46. The molecular weight excluding hydrogens is 853 g/mol. The molecule has 1 atom stereocenters. The average molecular weight is 962 g/mol. The summed E-state index contributed by atoms with van der Waals surface area (Å²) >= 11 is 0. The van der Waals surface area contributed by atoms with Gasteiger partial charge in [0.1, 0.15) is 13.2 Å². The van der Waals surface area contributed by atoms with Crippen molar-refractivity contribution in [3.63, 3.8) is 0 Å². The maximum Gasteiger partial charge on any atom is 0.306 e. The molecule has 0 amide bonds. The first-order chi connectivity index (χ1) is 34.0. The van der Waals surface area contributed by atoms with Crippen LogP contribution in [0.3, 0.4) is 0 Å². The summed E-state index contributed by atoms with van der Waals surface area (Å²) in [4.78, 5) is 38.2. The first-order valence-electron chi connectivity index (χ1n) is 29.1. The van der Waals surface area contributed by atoms with Gasteiger partial charge in [-0.2, -0.15) is 0 Å². The number of hydrogen-bond acceptors (Lipinski definition) is 6. The van der Waals surface area contributed by atoms with Crippen molar-refractivity contribution in [3.05, 3.63) is 85.1 Å². The van der Waals surface area contributed by atoms with Crippen molar-refractivity contribution < 1.29 is 28.6 Å². The van der Waals surface area contributed by atoms with E-state index < -0.39 is 6.10 Å². The molecule has 0 heterocycles. The highest BCUT2D eigenvalue weighted by atomic mass is 16.6. The predicted octanol–water partition coefficient (Wildman–Crippen LogP) is 19.5. The number of carbonyl (C=O) groups excluding carboxylic acids is 3. The maximum atomic E-state index is 12.9. The second-order valence-corrected chi connectivity index (χ2v) is 19.2. The van der Waals surface area contributed by atoms with E-state index in [-0.39, 0.29) is 31.1 Å². The van der Waals surface area contributed by atoms with Crippen LogP contribution >= 0.6 is 0 Å². The lowest BCUT2D eigenvalue weighted by molar-refractivity contribution is -0.167. The molecule has 6 heteroatoms. The smallest absolute Gasteiger partial charge is 0.306 e. The minimum absolute atomic E-state index is 0.0922. The van der Waals surface area contributed by atoms with Gasteiger partial charge in [-0.1, -0.05) is 221 Å². The zero-order valence-electron chi connectivity index (χ0n) is 45.3. The Morgan fingerprint density at radius 3 is 0.870 bits per heavy atom. The van der Waals surface area contributed by atoms with Gasteiger partial charge in [0.25, 0.3) is 0 Å². The molecule has 396 valence electrons. The number of hydrogen-bond donors (Lipinski definition) is 0. The highest BCUT2D eigenvalue weighted by Gasteiger charge is 2.19. The first kappa shape index (κ1) is 65.6. The van der Waals surface area contributed by atoms with E-state index in [1.165, 1.54) is 141 Å². The molecule has 0 aliphatic carbocycles. The first-order valence-corrected chi connectivity index (χ1v) is 29.1. The molecule has 0 saturated carbocycles. The summed E-state index contributed by atoms with van der Waals surface area (Å²) in [6.45, 7) is 6.55. The van der Waals surface area contributed by atoms with Crippen molar-refractivity contribution in [2.75, 3.05) is 13.2 Å². The van der Waals surface area contributed by atoms with Crippen LogP contribution in [0, 0.1) is 0 Å². The maximum absolute atomic E-state index is 12.9. The van der Waals surface area contributed by atoms with Gasteiger partial charge < -0.3 is 14.2 Å². The summed E-state index contributed by atoms with van der Waals surface area (Å²) < 4.78 is 16.8. The fourth-order valence-electron chi connectivity index (χ4n) is 7.92. The van der Waals surface area contributed by atoms with Gasteiger partial charge in [-0.25, -0.2) is 0 Å². The SMILES string of the molecule is CCCCC/C=C\C/C=C\C/C=C\C/C=C\CCCCCC(=O)OC[C@H](COC(=O)CCCCCCCCC/C=C\CCCCCC)OC(=O)CCCCCCCCC/C=C\C/C=C\CCCCC. The Hall–Kier alpha value is -3.41. The number of esters is 3. The van der Waals surface area contributed by atoms with Crippen LogP contribution in [0.5, 0.6) is 0 Å². The summed E-state index contributed by atoms with van der Waals surface area (Å²) in [5.74, 6) is -0.931. The van der Waals surface area contributed by atoms with Gasteiger partial charge in [0, 0.05) is 19.3 Å². The van der Waals surface area contributed by atoms with Crippen molar-refractivity contribution >= 4 is 17.9 Å². The van der Waals surface area contributed by atoms with E-state index >= 15 is 0 Å². The van der Waals surface area contributed by atoms with Crippen molar-refractivity contribution in [3.8, 4) is 0 Å². The lowest BCUT2D eigenvalue weighted by Crippen LogP contribution is -2.30. The fraction of sp³-hybridized carbons (Fsp3) is 0.730. The van der Waals surface area contributed by atoms with Gasteiger partial charge in [0.2, 0.25) is 0 Å². The van der Waals surface area contributed by atoms with Gasteiger partial charge in [0.05, 0.1) is 0 Å². The molecule has 0 rings (SSSR count). The fourth-order valence-corrected chi connectivity index (χ4v) is 7.92. The van der Waals surface area contributed by atoms with E-state index in [0.717, 1.165) is 96.3 Å². The van der Waals surface area contributed by atoms with Crippen LogP contribution in [0.4, 0.5) is 0 Å². The van der Waals surface area contributed by atoms with Crippen LogP contribution in [-0.2, 0) is 28.6 Å². The normalized spacial score (nSPS) is 12.7. The number of rotatable bonds is 52. The lowest BCUT2D eigenvalue weighted by atomic mass is 10.1. The Labute approximate surface area is 426 Å². The van der Waals surface area contributed by atoms with Crippen LogP contribution < -0.4 is 0 Å². The quantitative estimate of drug-likeness (QED) is 0.0262. The van der Waals surface area contributed by atoms with E-state index in [1.807, 2.05) is 0 Å². The van der Waals surface area contributed by atoms with Crippen molar-refractivity contribution in [2.24, 2.45) is 0 Å². The third kappa shape index (κ3) is 55.4. The summed E-state index contributed by atoms with van der Waals surface area (Å²) in [5.41, 5.74) is 0. The molecule has 0 aromatic carbocycles. The van der Waals surface area contributed by atoms with Crippen LogP contribution in [-0.4, -0.2) is 37.2 Å². The molecule has 69 heavy (non-hydrogen) atoms. The number of carbonyl (C=O) groups is 3. The molecule has 0 aromatic heterocycles.